The molecule has 3 heterocycles. The van der Waals surface area contributed by atoms with E-state index in [-0.39, 0.29) is 18.9 Å². The third-order valence-corrected chi connectivity index (χ3v) is 7.02. The number of aryl methyl sites for hydroxylation is 1. The minimum atomic E-state index is -1.32. The third kappa shape index (κ3) is 7.37. The molecule has 2 aromatic rings. The Morgan fingerprint density at radius 3 is 2.37 bits per heavy atom. The standard InChI is InChI=1S/C26H36N6O9/c1-12-20(28-14(3)34)23(21(36)18(11-33)39-12)40-19-9-17(35)22(38-4)24(41-19)26(37)27-10-15-5-7-16(8-6-15)25-31-29-13(2)30-32-25/h5-8,12,17-24,33,35-36H,9-11H2,1-4H3,(H,27,37)(H,28,34)/t12-,17?,18?,19+,20?,21+,22-,23?,24?/m0/s1. The van der Waals surface area contributed by atoms with Gasteiger partial charge in [-0.25, -0.2) is 0 Å². The van der Waals surface area contributed by atoms with Gasteiger partial charge in [0.2, 0.25) is 11.7 Å². The van der Waals surface area contributed by atoms with E-state index < -0.39 is 67.6 Å². The summed E-state index contributed by atoms with van der Waals surface area (Å²) in [6.07, 6.45) is -8.50. The number of ether oxygens (including phenoxy) is 4. The highest BCUT2D eigenvalue weighted by molar-refractivity contribution is 5.81. The molecular weight excluding hydrogens is 540 g/mol. The van der Waals surface area contributed by atoms with Crippen molar-refractivity contribution in [3.8, 4) is 11.4 Å². The quantitative estimate of drug-likeness (QED) is 0.228. The first-order valence-electron chi connectivity index (χ1n) is 13.3. The number of hydrogen-bond acceptors (Lipinski definition) is 13. The van der Waals surface area contributed by atoms with Crippen LogP contribution in [0.25, 0.3) is 11.4 Å². The van der Waals surface area contributed by atoms with E-state index in [9.17, 15) is 24.9 Å². The van der Waals surface area contributed by atoms with Crippen LogP contribution in [0.2, 0.25) is 0 Å². The highest BCUT2D eigenvalue weighted by atomic mass is 16.7. The molecule has 1 aromatic carbocycles. The lowest BCUT2D eigenvalue weighted by atomic mass is 9.92. The van der Waals surface area contributed by atoms with Gasteiger partial charge in [0, 0.05) is 32.6 Å². The van der Waals surface area contributed by atoms with Gasteiger partial charge in [0.1, 0.15) is 24.4 Å². The van der Waals surface area contributed by atoms with E-state index in [0.29, 0.717) is 17.2 Å². The number of carbonyl (C=O) groups excluding carboxylic acids is 2. The van der Waals surface area contributed by atoms with Crippen molar-refractivity contribution >= 4 is 11.8 Å². The second-order valence-corrected chi connectivity index (χ2v) is 10.1. The molecule has 5 N–H and O–H groups in total. The normalized spacial score (nSPS) is 31.8. The average Bonchev–Trinajstić information content (AvgIpc) is 2.95. The minimum absolute atomic E-state index is 0.0659. The fourth-order valence-corrected chi connectivity index (χ4v) is 4.92. The van der Waals surface area contributed by atoms with Gasteiger partial charge < -0.3 is 44.9 Å². The molecule has 0 spiro atoms. The van der Waals surface area contributed by atoms with Gasteiger partial charge in [0.15, 0.2) is 18.2 Å². The summed E-state index contributed by atoms with van der Waals surface area (Å²) in [5.41, 5.74) is 1.49. The van der Waals surface area contributed by atoms with E-state index in [0.717, 1.165) is 5.56 Å². The molecule has 0 radical (unpaired) electrons. The zero-order chi connectivity index (χ0) is 29.7. The van der Waals surface area contributed by atoms with Crippen LogP contribution in [0.1, 0.15) is 31.7 Å². The molecule has 0 bridgehead atoms. The first-order valence-corrected chi connectivity index (χ1v) is 13.3. The van der Waals surface area contributed by atoms with E-state index in [2.05, 4.69) is 31.0 Å². The smallest absolute Gasteiger partial charge is 0.252 e. The number of hydrogen-bond donors (Lipinski definition) is 5. The zero-order valence-corrected chi connectivity index (χ0v) is 23.2. The molecule has 9 atom stereocenters. The van der Waals surface area contributed by atoms with Gasteiger partial charge in [0.05, 0.1) is 24.9 Å². The molecule has 0 aliphatic carbocycles. The lowest BCUT2D eigenvalue weighted by molar-refractivity contribution is -0.294. The van der Waals surface area contributed by atoms with Crippen LogP contribution in [0.15, 0.2) is 24.3 Å². The first-order chi connectivity index (χ1) is 19.6. The Morgan fingerprint density at radius 2 is 1.76 bits per heavy atom. The predicted molar refractivity (Wildman–Crippen MR) is 140 cm³/mol. The maximum atomic E-state index is 13.2. The number of nitrogens with zero attached hydrogens (tertiary/aromatic N) is 4. The zero-order valence-electron chi connectivity index (χ0n) is 23.2. The van der Waals surface area contributed by atoms with Crippen LogP contribution in [0.3, 0.4) is 0 Å². The summed E-state index contributed by atoms with van der Waals surface area (Å²) in [4.78, 5) is 25.0. The summed E-state index contributed by atoms with van der Waals surface area (Å²) in [6, 6.07) is 6.37. The molecule has 15 heteroatoms. The molecule has 2 saturated heterocycles. The van der Waals surface area contributed by atoms with E-state index in [4.69, 9.17) is 18.9 Å². The van der Waals surface area contributed by atoms with E-state index in [1.807, 2.05) is 0 Å². The number of aromatic nitrogens is 4. The summed E-state index contributed by atoms with van der Waals surface area (Å²) >= 11 is 0. The van der Waals surface area contributed by atoms with Gasteiger partial charge >= 0.3 is 0 Å². The fraction of sp³-hybridized carbons (Fsp3) is 0.615. The average molecular weight is 577 g/mol. The number of aliphatic hydroxyl groups is 3. The van der Waals surface area contributed by atoms with Crippen LogP contribution in [0.5, 0.6) is 0 Å². The van der Waals surface area contributed by atoms with Crippen molar-refractivity contribution in [3.63, 3.8) is 0 Å². The molecule has 224 valence electrons. The molecule has 5 unspecified atom stereocenters. The highest BCUT2D eigenvalue weighted by Crippen LogP contribution is 2.30. The third-order valence-electron chi connectivity index (χ3n) is 7.02. The number of nitrogens with one attached hydrogen (secondary N) is 2. The monoisotopic (exact) mass is 576 g/mol. The lowest BCUT2D eigenvalue weighted by Crippen LogP contribution is -2.65. The number of carbonyl (C=O) groups is 2. The van der Waals surface area contributed by atoms with Crippen LogP contribution < -0.4 is 10.6 Å². The molecule has 2 fully saturated rings. The summed E-state index contributed by atoms with van der Waals surface area (Å²) < 4.78 is 23.0. The molecule has 1 aromatic heterocycles. The SMILES string of the molecule is CO[C@H]1C(O)C[C@H](OC2C(NC(C)=O)[C@H](C)OC(CO)[C@H]2O)OC1C(=O)NCc1ccc(-c2nnc(C)nn2)cc1. The summed E-state index contributed by atoms with van der Waals surface area (Å²) in [7, 11) is 1.36. The fourth-order valence-electron chi connectivity index (χ4n) is 4.92. The molecular formula is C26H36N6O9. The summed E-state index contributed by atoms with van der Waals surface area (Å²) in [6.45, 7) is 4.36. The maximum Gasteiger partial charge on any atom is 0.252 e. The van der Waals surface area contributed by atoms with E-state index >= 15 is 0 Å². The minimum Gasteiger partial charge on any atom is -0.394 e. The van der Waals surface area contributed by atoms with Crippen LogP contribution in [-0.2, 0) is 35.1 Å². The summed E-state index contributed by atoms with van der Waals surface area (Å²) in [5.74, 6) is -0.0794. The van der Waals surface area contributed by atoms with Gasteiger partial charge in [-0.3, -0.25) is 9.59 Å². The van der Waals surface area contributed by atoms with Crippen molar-refractivity contribution in [1.82, 2.24) is 31.0 Å². The number of benzene rings is 1. The van der Waals surface area contributed by atoms with Crippen molar-refractivity contribution < 1.29 is 43.9 Å². The molecule has 0 saturated carbocycles. The van der Waals surface area contributed by atoms with Crippen LogP contribution >= 0.6 is 0 Å². The van der Waals surface area contributed by atoms with Gasteiger partial charge in [-0.15, -0.1) is 20.4 Å². The van der Waals surface area contributed by atoms with Crippen molar-refractivity contribution in [3.05, 3.63) is 35.7 Å². The first kappa shape index (κ1) is 30.8. The Hall–Kier alpha value is -3.18. The number of amides is 2. The molecule has 4 rings (SSSR count). The van der Waals surface area contributed by atoms with Crippen molar-refractivity contribution in [1.29, 1.82) is 0 Å². The Labute approximate surface area is 236 Å². The number of methoxy groups -OCH3 is 1. The molecule has 2 amide bonds. The van der Waals surface area contributed by atoms with Crippen molar-refractivity contribution in [2.45, 2.75) is 88.8 Å². The number of aliphatic hydroxyl groups excluding tert-OH is 3. The number of rotatable bonds is 9. The van der Waals surface area contributed by atoms with Crippen LogP contribution in [0.4, 0.5) is 0 Å². The van der Waals surface area contributed by atoms with Crippen molar-refractivity contribution in [2.75, 3.05) is 13.7 Å². The van der Waals surface area contributed by atoms with Crippen molar-refractivity contribution in [2.24, 2.45) is 0 Å². The Morgan fingerprint density at radius 1 is 1.07 bits per heavy atom. The van der Waals surface area contributed by atoms with Gasteiger partial charge in [0.25, 0.3) is 5.91 Å². The van der Waals surface area contributed by atoms with E-state index in [1.54, 1.807) is 38.1 Å². The molecule has 41 heavy (non-hydrogen) atoms. The molecule has 15 nitrogen and oxygen atoms in total. The summed E-state index contributed by atoms with van der Waals surface area (Å²) in [5, 5.41) is 52.5. The predicted octanol–water partition coefficient (Wildman–Crippen LogP) is -1.62. The largest absolute Gasteiger partial charge is 0.394 e. The van der Waals surface area contributed by atoms with Gasteiger partial charge in [-0.05, 0) is 19.4 Å². The Kier molecular flexibility index (Phi) is 10.2. The van der Waals surface area contributed by atoms with Crippen LogP contribution in [-0.4, -0.2) is 116 Å². The molecule has 2 aliphatic heterocycles. The Bertz CT molecular complexity index is 1170. The van der Waals surface area contributed by atoms with Crippen LogP contribution in [0, 0.1) is 6.92 Å². The Balaban J connectivity index is 1.42. The lowest BCUT2D eigenvalue weighted by Gasteiger charge is -2.46. The second kappa shape index (κ2) is 13.7. The second-order valence-electron chi connectivity index (χ2n) is 10.1. The topological polar surface area (TPSA) is 207 Å². The van der Waals surface area contributed by atoms with Gasteiger partial charge in [-0.1, -0.05) is 24.3 Å². The van der Waals surface area contributed by atoms with E-state index in [1.165, 1.54) is 14.0 Å². The molecule has 2 aliphatic rings. The maximum absolute atomic E-state index is 13.2. The highest BCUT2D eigenvalue weighted by Gasteiger charge is 2.48. The van der Waals surface area contributed by atoms with Gasteiger partial charge in [-0.2, -0.15) is 0 Å².